The maximum Gasteiger partial charge on any atom is 0.326 e. The molecule has 2 aromatic carbocycles. The Labute approximate surface area is 215 Å². The van der Waals surface area contributed by atoms with Crippen LogP contribution in [0.4, 0.5) is 0 Å². The van der Waals surface area contributed by atoms with Gasteiger partial charge >= 0.3 is 5.97 Å². The normalized spacial score (nSPS) is 12.2. The van der Waals surface area contributed by atoms with E-state index in [9.17, 15) is 20.0 Å². The number of rotatable bonds is 9. The SMILES string of the molecule is CSCC[C@H](NC(=O)c1sc(SC(C)C)c(C#N)c1-c1cccc2c1oc1ccccc12)C(=O)O. The Hall–Kier alpha value is -2.93. The number of nitriles is 1. The van der Waals surface area contributed by atoms with Crippen LogP contribution in [0.3, 0.4) is 0 Å². The van der Waals surface area contributed by atoms with Crippen molar-refractivity contribution in [1.82, 2.24) is 5.32 Å². The Morgan fingerprint density at radius 1 is 1.17 bits per heavy atom. The number of thiophene rings is 1. The maximum absolute atomic E-state index is 13.5. The van der Waals surface area contributed by atoms with Crippen LogP contribution in [0.25, 0.3) is 33.1 Å². The number of furan rings is 1. The molecule has 4 rings (SSSR count). The molecule has 4 aromatic rings. The number of para-hydroxylation sites is 2. The number of amides is 1. The predicted molar refractivity (Wildman–Crippen MR) is 145 cm³/mol. The molecule has 0 saturated heterocycles. The van der Waals surface area contributed by atoms with Crippen LogP contribution in [0.15, 0.2) is 51.1 Å². The third-order valence-electron chi connectivity index (χ3n) is 5.42. The van der Waals surface area contributed by atoms with Gasteiger partial charge in [0, 0.05) is 27.1 Å². The summed E-state index contributed by atoms with van der Waals surface area (Å²) in [4.78, 5) is 25.6. The van der Waals surface area contributed by atoms with E-state index in [2.05, 4.69) is 11.4 Å². The van der Waals surface area contributed by atoms with Gasteiger partial charge in [-0.2, -0.15) is 17.0 Å². The Bertz CT molecular complexity index is 1450. The zero-order valence-electron chi connectivity index (χ0n) is 19.5. The number of fused-ring (bicyclic) bond motifs is 3. The van der Waals surface area contributed by atoms with Crippen molar-refractivity contribution in [2.24, 2.45) is 0 Å². The molecule has 1 atom stereocenters. The number of carboxylic acids is 1. The highest BCUT2D eigenvalue weighted by molar-refractivity contribution is 8.01. The van der Waals surface area contributed by atoms with E-state index in [0.29, 0.717) is 39.3 Å². The average Bonchev–Trinajstić information content (AvgIpc) is 3.39. The van der Waals surface area contributed by atoms with Gasteiger partial charge in [-0.25, -0.2) is 4.79 Å². The van der Waals surface area contributed by atoms with Gasteiger partial charge in [0.1, 0.15) is 28.2 Å². The number of nitrogens with zero attached hydrogens (tertiary/aromatic N) is 1. The lowest BCUT2D eigenvalue weighted by Crippen LogP contribution is -2.41. The summed E-state index contributed by atoms with van der Waals surface area (Å²) in [5.41, 5.74) is 2.84. The van der Waals surface area contributed by atoms with E-state index in [1.165, 1.54) is 34.9 Å². The van der Waals surface area contributed by atoms with Gasteiger partial charge in [0.2, 0.25) is 0 Å². The van der Waals surface area contributed by atoms with Gasteiger partial charge in [0.25, 0.3) is 5.91 Å². The van der Waals surface area contributed by atoms with Crippen LogP contribution >= 0.6 is 34.9 Å². The van der Waals surface area contributed by atoms with Crippen molar-refractivity contribution in [3.05, 3.63) is 52.9 Å². The molecule has 0 saturated carbocycles. The third-order valence-corrected chi connectivity index (χ3v) is 8.48. The smallest absolute Gasteiger partial charge is 0.326 e. The van der Waals surface area contributed by atoms with E-state index < -0.39 is 17.9 Å². The summed E-state index contributed by atoms with van der Waals surface area (Å²) in [6.07, 6.45) is 2.20. The number of benzene rings is 2. The van der Waals surface area contributed by atoms with E-state index >= 15 is 0 Å². The largest absolute Gasteiger partial charge is 0.480 e. The molecule has 0 bridgehead atoms. The fourth-order valence-electron chi connectivity index (χ4n) is 3.89. The Balaban J connectivity index is 1.91. The summed E-state index contributed by atoms with van der Waals surface area (Å²) in [5, 5.41) is 24.5. The number of hydrogen-bond donors (Lipinski definition) is 2. The van der Waals surface area contributed by atoms with E-state index in [0.717, 1.165) is 20.6 Å². The van der Waals surface area contributed by atoms with Gasteiger partial charge in [-0.1, -0.05) is 50.2 Å². The standard InChI is InChI=1S/C26H24N2O4S3/c1-14(2)34-26-18(13-27)21(23(35-26)24(29)28-19(25(30)31)11-12-33-3)17-9-6-8-16-15-7-4-5-10-20(15)32-22(16)17/h4-10,14,19H,11-12H2,1-3H3,(H,28,29)(H,30,31)/t19-/m0/s1. The lowest BCUT2D eigenvalue weighted by Gasteiger charge is -2.14. The summed E-state index contributed by atoms with van der Waals surface area (Å²) in [6.45, 7) is 4.04. The highest BCUT2D eigenvalue weighted by Gasteiger charge is 2.29. The lowest BCUT2D eigenvalue weighted by atomic mass is 9.99. The van der Waals surface area contributed by atoms with E-state index in [1.807, 2.05) is 62.6 Å². The Morgan fingerprint density at radius 3 is 2.60 bits per heavy atom. The van der Waals surface area contributed by atoms with Crippen LogP contribution < -0.4 is 5.32 Å². The molecule has 2 aromatic heterocycles. The quantitative estimate of drug-likeness (QED) is 0.237. The van der Waals surface area contributed by atoms with Crippen molar-refractivity contribution in [2.75, 3.05) is 12.0 Å². The molecule has 6 nitrogen and oxygen atoms in total. The summed E-state index contributed by atoms with van der Waals surface area (Å²) >= 11 is 4.26. The van der Waals surface area contributed by atoms with Crippen LogP contribution in [0.5, 0.6) is 0 Å². The zero-order chi connectivity index (χ0) is 25.1. The summed E-state index contributed by atoms with van der Waals surface area (Å²) in [6, 6.07) is 14.7. The number of carbonyl (C=O) groups is 2. The van der Waals surface area contributed by atoms with Crippen molar-refractivity contribution in [3.63, 3.8) is 0 Å². The van der Waals surface area contributed by atoms with Crippen molar-refractivity contribution < 1.29 is 19.1 Å². The second kappa shape index (κ2) is 10.8. The third kappa shape index (κ3) is 5.06. The summed E-state index contributed by atoms with van der Waals surface area (Å²) in [5.74, 6) is -0.981. The van der Waals surface area contributed by atoms with Gasteiger partial charge in [0.05, 0.1) is 9.77 Å². The molecule has 0 aliphatic carbocycles. The topological polar surface area (TPSA) is 103 Å². The van der Waals surface area contributed by atoms with Gasteiger partial charge in [-0.05, 0) is 24.5 Å². The van der Waals surface area contributed by atoms with E-state index in [4.69, 9.17) is 4.42 Å². The molecule has 0 aliphatic heterocycles. The lowest BCUT2D eigenvalue weighted by molar-refractivity contribution is -0.139. The summed E-state index contributed by atoms with van der Waals surface area (Å²) in [7, 11) is 0. The average molecular weight is 525 g/mol. The minimum atomic E-state index is -1.08. The van der Waals surface area contributed by atoms with Crippen molar-refractivity contribution >= 4 is 68.7 Å². The van der Waals surface area contributed by atoms with Crippen LogP contribution in [0, 0.1) is 11.3 Å². The second-order valence-corrected chi connectivity index (χ2v) is 12.0. The Morgan fingerprint density at radius 2 is 1.91 bits per heavy atom. The molecular formula is C26H24N2O4S3. The maximum atomic E-state index is 13.5. The molecule has 0 radical (unpaired) electrons. The first-order valence-corrected chi connectivity index (χ1v) is 14.1. The van der Waals surface area contributed by atoms with Crippen LogP contribution in [-0.4, -0.2) is 40.3 Å². The van der Waals surface area contributed by atoms with Gasteiger partial charge in [-0.3, -0.25) is 4.79 Å². The molecule has 2 N–H and O–H groups in total. The number of hydrogen-bond acceptors (Lipinski definition) is 7. The molecule has 0 spiro atoms. The number of aliphatic carboxylic acids is 1. The van der Waals surface area contributed by atoms with E-state index in [1.54, 1.807) is 0 Å². The molecular weight excluding hydrogens is 500 g/mol. The van der Waals surface area contributed by atoms with Crippen LogP contribution in [0.2, 0.25) is 0 Å². The first kappa shape index (κ1) is 25.2. The second-order valence-electron chi connectivity index (χ2n) is 8.17. The number of carboxylic acid groups (broad SMARTS) is 1. The first-order chi connectivity index (χ1) is 16.8. The van der Waals surface area contributed by atoms with Crippen molar-refractivity contribution in [3.8, 4) is 17.2 Å². The molecule has 0 fully saturated rings. The molecule has 0 aliphatic rings. The Kier molecular flexibility index (Phi) is 7.75. The van der Waals surface area contributed by atoms with Gasteiger partial charge in [-0.15, -0.1) is 23.1 Å². The first-order valence-electron chi connectivity index (χ1n) is 11.0. The fraction of sp³-hybridized carbons (Fsp3) is 0.269. The minimum absolute atomic E-state index is 0.194. The van der Waals surface area contributed by atoms with Crippen molar-refractivity contribution in [1.29, 1.82) is 5.26 Å². The fourth-order valence-corrected chi connectivity index (χ4v) is 6.97. The molecule has 180 valence electrons. The summed E-state index contributed by atoms with van der Waals surface area (Å²) < 4.78 is 6.92. The highest BCUT2D eigenvalue weighted by atomic mass is 32.2. The van der Waals surface area contributed by atoms with E-state index in [-0.39, 0.29) is 5.25 Å². The monoisotopic (exact) mass is 524 g/mol. The predicted octanol–water partition coefficient (Wildman–Crippen LogP) is 6.62. The number of thioether (sulfide) groups is 2. The zero-order valence-corrected chi connectivity index (χ0v) is 21.9. The molecule has 9 heteroatoms. The number of nitrogens with one attached hydrogen (secondary N) is 1. The highest BCUT2D eigenvalue weighted by Crippen LogP contribution is 2.46. The number of carbonyl (C=O) groups excluding carboxylic acids is 1. The minimum Gasteiger partial charge on any atom is -0.480 e. The molecule has 1 amide bonds. The van der Waals surface area contributed by atoms with Gasteiger partial charge in [0.15, 0.2) is 0 Å². The molecule has 0 unspecified atom stereocenters. The van der Waals surface area contributed by atoms with Crippen LogP contribution in [-0.2, 0) is 4.79 Å². The van der Waals surface area contributed by atoms with Crippen LogP contribution in [0.1, 0.15) is 35.5 Å². The molecule has 2 heterocycles. The van der Waals surface area contributed by atoms with Crippen molar-refractivity contribution in [2.45, 2.75) is 35.8 Å². The van der Waals surface area contributed by atoms with Gasteiger partial charge < -0.3 is 14.8 Å². The molecule has 35 heavy (non-hydrogen) atoms.